The molecule has 0 amide bonds. The summed E-state index contributed by atoms with van der Waals surface area (Å²) < 4.78 is 4.90. The van der Waals surface area contributed by atoms with Crippen molar-refractivity contribution in [2.75, 3.05) is 0 Å². The number of benzene rings is 2. The molecule has 0 aliphatic rings. The van der Waals surface area contributed by atoms with Crippen molar-refractivity contribution >= 4 is 17.8 Å². The number of non-ortho nitro benzene ring substituents is 2. The van der Waals surface area contributed by atoms with Crippen LogP contribution in [0.15, 0.2) is 48.5 Å². The van der Waals surface area contributed by atoms with Gasteiger partial charge in [0, 0.05) is 30.7 Å². The second kappa shape index (κ2) is 7.12. The highest BCUT2D eigenvalue weighted by Gasteiger charge is 2.16. The van der Waals surface area contributed by atoms with Crippen LogP contribution < -0.4 is 0 Å². The van der Waals surface area contributed by atoms with Crippen molar-refractivity contribution in [3.05, 3.63) is 79.9 Å². The van der Waals surface area contributed by atoms with Crippen molar-refractivity contribution in [1.82, 2.24) is 0 Å². The number of carbonyl (C=O) groups excluding carboxylic acids is 1. The van der Waals surface area contributed by atoms with Crippen LogP contribution in [0.1, 0.15) is 17.2 Å². The number of ether oxygens (including phenoxy) is 1. The van der Waals surface area contributed by atoms with E-state index in [0.29, 0.717) is 11.1 Å². The van der Waals surface area contributed by atoms with Crippen molar-refractivity contribution in [3.8, 4) is 0 Å². The maximum Gasteiger partial charge on any atom is 0.418 e. The third-order valence-corrected chi connectivity index (χ3v) is 3.23. The van der Waals surface area contributed by atoms with Gasteiger partial charge < -0.3 is 4.74 Å². The third kappa shape index (κ3) is 4.10. The number of nitro groups is 2. The molecule has 2 aromatic rings. The fourth-order valence-electron chi connectivity index (χ4n) is 2.06. The molecule has 8 heteroatoms. The SMILES string of the molecule is O=[C]OC(Cc1ccc([N+](=O)[O-])cc1)c1ccc([N+](=O)[O-])cc1. The number of nitro benzene ring substituents is 2. The Kier molecular flexibility index (Phi) is 4.98. The molecule has 23 heavy (non-hydrogen) atoms. The molecular weight excluding hydrogens is 304 g/mol. The van der Waals surface area contributed by atoms with E-state index in [-0.39, 0.29) is 17.8 Å². The lowest BCUT2D eigenvalue weighted by Gasteiger charge is -2.15. The molecule has 0 spiro atoms. The van der Waals surface area contributed by atoms with Gasteiger partial charge in [-0.3, -0.25) is 20.2 Å². The highest BCUT2D eigenvalue weighted by molar-refractivity contribution is 5.42. The Morgan fingerprint density at radius 3 is 1.83 bits per heavy atom. The molecule has 2 aromatic carbocycles. The lowest BCUT2D eigenvalue weighted by molar-refractivity contribution is -0.385. The first kappa shape index (κ1) is 16.1. The summed E-state index contributed by atoms with van der Waals surface area (Å²) in [6.07, 6.45) is -0.417. The molecule has 0 N–H and O–H groups in total. The van der Waals surface area contributed by atoms with Crippen molar-refractivity contribution in [2.24, 2.45) is 0 Å². The van der Waals surface area contributed by atoms with Crippen molar-refractivity contribution in [2.45, 2.75) is 12.5 Å². The molecular formula is C15H11N2O6. The van der Waals surface area contributed by atoms with Gasteiger partial charge in [-0.25, -0.2) is 4.79 Å². The van der Waals surface area contributed by atoms with Gasteiger partial charge in [0.05, 0.1) is 9.85 Å². The Morgan fingerprint density at radius 1 is 0.913 bits per heavy atom. The van der Waals surface area contributed by atoms with Gasteiger partial charge in [0.25, 0.3) is 11.4 Å². The summed E-state index contributed by atoms with van der Waals surface area (Å²) in [5, 5.41) is 21.3. The van der Waals surface area contributed by atoms with E-state index in [0.717, 1.165) is 0 Å². The van der Waals surface area contributed by atoms with E-state index in [1.54, 1.807) is 12.1 Å². The van der Waals surface area contributed by atoms with E-state index in [2.05, 4.69) is 0 Å². The largest absolute Gasteiger partial charge is 0.449 e. The first-order valence-corrected chi connectivity index (χ1v) is 6.51. The zero-order valence-electron chi connectivity index (χ0n) is 11.7. The van der Waals surface area contributed by atoms with Crippen LogP contribution >= 0.6 is 0 Å². The van der Waals surface area contributed by atoms with Gasteiger partial charge in [0.2, 0.25) is 0 Å². The van der Waals surface area contributed by atoms with Crippen molar-refractivity contribution < 1.29 is 19.4 Å². The van der Waals surface area contributed by atoms with Crippen LogP contribution in [-0.2, 0) is 16.0 Å². The smallest absolute Gasteiger partial charge is 0.418 e. The predicted octanol–water partition coefficient (Wildman–Crippen LogP) is 2.87. The summed E-state index contributed by atoms with van der Waals surface area (Å²) in [5.41, 5.74) is 1.17. The average Bonchev–Trinajstić information content (AvgIpc) is 2.55. The zero-order valence-corrected chi connectivity index (χ0v) is 11.7. The molecule has 0 aliphatic carbocycles. The molecule has 0 aliphatic heterocycles. The summed E-state index contributed by atoms with van der Waals surface area (Å²) in [4.78, 5) is 30.8. The van der Waals surface area contributed by atoms with Crippen LogP contribution in [0.3, 0.4) is 0 Å². The topological polar surface area (TPSA) is 113 Å². The number of hydrogen-bond donors (Lipinski definition) is 0. The van der Waals surface area contributed by atoms with Gasteiger partial charge >= 0.3 is 6.47 Å². The van der Waals surface area contributed by atoms with Crippen molar-refractivity contribution in [3.63, 3.8) is 0 Å². The predicted molar refractivity (Wildman–Crippen MR) is 79.4 cm³/mol. The summed E-state index contributed by atoms with van der Waals surface area (Å²) in [5.74, 6) is 0. The van der Waals surface area contributed by atoms with E-state index < -0.39 is 16.0 Å². The Hall–Kier alpha value is -3.29. The van der Waals surface area contributed by atoms with Crippen LogP contribution in [-0.4, -0.2) is 16.3 Å². The van der Waals surface area contributed by atoms with Gasteiger partial charge in [-0.2, -0.15) is 0 Å². The van der Waals surface area contributed by atoms with Crippen LogP contribution in [0.2, 0.25) is 0 Å². The second-order valence-corrected chi connectivity index (χ2v) is 4.67. The lowest BCUT2D eigenvalue weighted by atomic mass is 10.0. The monoisotopic (exact) mass is 315 g/mol. The second-order valence-electron chi connectivity index (χ2n) is 4.67. The fourth-order valence-corrected chi connectivity index (χ4v) is 2.06. The third-order valence-electron chi connectivity index (χ3n) is 3.23. The van der Waals surface area contributed by atoms with E-state index in [9.17, 15) is 25.0 Å². The van der Waals surface area contributed by atoms with Gasteiger partial charge in [-0.05, 0) is 23.3 Å². The molecule has 2 rings (SSSR count). The first-order valence-electron chi connectivity index (χ1n) is 6.51. The van der Waals surface area contributed by atoms with Crippen molar-refractivity contribution in [1.29, 1.82) is 0 Å². The maximum atomic E-state index is 10.6. The Balaban J connectivity index is 2.19. The van der Waals surface area contributed by atoms with Gasteiger partial charge in [-0.15, -0.1) is 0 Å². The van der Waals surface area contributed by atoms with Crippen LogP contribution in [0, 0.1) is 20.2 Å². The van der Waals surface area contributed by atoms with E-state index in [4.69, 9.17) is 4.74 Å². The summed E-state index contributed by atoms with van der Waals surface area (Å²) in [7, 11) is 0. The number of rotatable bonds is 7. The minimum absolute atomic E-state index is 0.0384. The molecule has 0 saturated heterocycles. The average molecular weight is 315 g/mol. The minimum atomic E-state index is -0.685. The maximum absolute atomic E-state index is 10.6. The Labute approximate surface area is 130 Å². The molecule has 1 unspecified atom stereocenters. The molecule has 0 bridgehead atoms. The highest BCUT2D eigenvalue weighted by Crippen LogP contribution is 2.25. The highest BCUT2D eigenvalue weighted by atomic mass is 16.6. The fraction of sp³-hybridized carbons (Fsp3) is 0.133. The normalized spacial score (nSPS) is 11.5. The first-order chi connectivity index (χ1) is 11.0. The lowest BCUT2D eigenvalue weighted by Crippen LogP contribution is -2.07. The zero-order chi connectivity index (χ0) is 16.8. The van der Waals surface area contributed by atoms with E-state index >= 15 is 0 Å². The summed E-state index contributed by atoms with van der Waals surface area (Å²) >= 11 is 0. The summed E-state index contributed by atoms with van der Waals surface area (Å²) in [6.45, 7) is 1.36. The van der Waals surface area contributed by atoms with Gasteiger partial charge in [0.15, 0.2) is 0 Å². The molecule has 117 valence electrons. The molecule has 1 atom stereocenters. The van der Waals surface area contributed by atoms with Crippen LogP contribution in [0.5, 0.6) is 0 Å². The van der Waals surface area contributed by atoms with Gasteiger partial charge in [-0.1, -0.05) is 12.1 Å². The Bertz CT molecular complexity index is 712. The van der Waals surface area contributed by atoms with Crippen LogP contribution in [0.4, 0.5) is 11.4 Å². The molecule has 0 aromatic heterocycles. The molecule has 0 fully saturated rings. The Morgan fingerprint density at radius 2 is 1.39 bits per heavy atom. The van der Waals surface area contributed by atoms with Crippen LogP contribution in [0.25, 0.3) is 0 Å². The standard InChI is InChI=1S/C15H11N2O6/c18-10-23-15(12-3-7-14(8-4-12)17(21)22)9-11-1-5-13(6-2-11)16(19)20/h1-8,15H,9H2. The molecule has 8 nitrogen and oxygen atoms in total. The molecule has 0 saturated carbocycles. The quantitative estimate of drug-likeness (QED) is 0.573. The number of hydrogen-bond acceptors (Lipinski definition) is 6. The van der Waals surface area contributed by atoms with E-state index in [1.165, 1.54) is 42.9 Å². The summed E-state index contributed by atoms with van der Waals surface area (Å²) in [6, 6.07) is 11.4. The van der Waals surface area contributed by atoms with E-state index in [1.807, 2.05) is 0 Å². The van der Waals surface area contributed by atoms with Gasteiger partial charge in [0.1, 0.15) is 6.10 Å². The molecule has 1 radical (unpaired) electrons. The molecule has 0 heterocycles. The number of nitrogens with zero attached hydrogens (tertiary/aromatic N) is 2. The minimum Gasteiger partial charge on any atom is -0.449 e.